The second-order valence-corrected chi connectivity index (χ2v) is 5.24. The predicted octanol–water partition coefficient (Wildman–Crippen LogP) is 3.68. The highest BCUT2D eigenvalue weighted by Gasteiger charge is 2.34. The SMILES string of the molecule is CCCC1(c2cc(C)cc(C)c2)CCCN1. The van der Waals surface area contributed by atoms with Crippen LogP contribution in [0.15, 0.2) is 18.2 Å². The highest BCUT2D eigenvalue weighted by molar-refractivity contribution is 5.34. The summed E-state index contributed by atoms with van der Waals surface area (Å²) < 4.78 is 0. The molecule has 1 aliphatic rings. The first-order chi connectivity index (χ1) is 7.66. The number of nitrogens with one attached hydrogen (secondary N) is 1. The number of rotatable bonds is 3. The van der Waals surface area contributed by atoms with Crippen molar-refractivity contribution in [2.75, 3.05) is 6.54 Å². The molecule has 2 rings (SSSR count). The summed E-state index contributed by atoms with van der Waals surface area (Å²) in [4.78, 5) is 0. The van der Waals surface area contributed by atoms with E-state index in [-0.39, 0.29) is 5.54 Å². The largest absolute Gasteiger partial charge is 0.307 e. The van der Waals surface area contributed by atoms with Gasteiger partial charge in [-0.15, -0.1) is 0 Å². The number of hydrogen-bond acceptors (Lipinski definition) is 1. The zero-order valence-corrected chi connectivity index (χ0v) is 10.8. The maximum Gasteiger partial charge on any atom is 0.0435 e. The fraction of sp³-hybridized carbons (Fsp3) is 0.600. The highest BCUT2D eigenvalue weighted by Crippen LogP contribution is 2.36. The van der Waals surface area contributed by atoms with Crippen LogP contribution >= 0.6 is 0 Å². The van der Waals surface area contributed by atoms with Gasteiger partial charge in [0.15, 0.2) is 0 Å². The summed E-state index contributed by atoms with van der Waals surface area (Å²) in [6.07, 6.45) is 5.12. The quantitative estimate of drug-likeness (QED) is 0.814. The molecule has 1 nitrogen and oxygen atoms in total. The van der Waals surface area contributed by atoms with E-state index in [0.29, 0.717) is 0 Å². The van der Waals surface area contributed by atoms with Crippen molar-refractivity contribution in [2.45, 2.75) is 52.0 Å². The number of hydrogen-bond donors (Lipinski definition) is 1. The third kappa shape index (κ3) is 2.15. The summed E-state index contributed by atoms with van der Waals surface area (Å²) in [5.41, 5.74) is 4.55. The molecule has 0 bridgehead atoms. The van der Waals surface area contributed by atoms with Crippen molar-refractivity contribution in [2.24, 2.45) is 0 Å². The van der Waals surface area contributed by atoms with E-state index in [1.807, 2.05) is 0 Å². The lowest BCUT2D eigenvalue weighted by Crippen LogP contribution is -2.36. The van der Waals surface area contributed by atoms with Gasteiger partial charge in [0, 0.05) is 5.54 Å². The van der Waals surface area contributed by atoms with Crippen molar-refractivity contribution in [1.82, 2.24) is 5.32 Å². The molecule has 0 radical (unpaired) electrons. The molecule has 0 spiro atoms. The molecule has 1 N–H and O–H groups in total. The van der Waals surface area contributed by atoms with E-state index < -0.39 is 0 Å². The van der Waals surface area contributed by atoms with Gasteiger partial charge in [-0.25, -0.2) is 0 Å². The van der Waals surface area contributed by atoms with Gasteiger partial charge in [-0.05, 0) is 45.2 Å². The van der Waals surface area contributed by atoms with E-state index in [1.165, 1.54) is 48.9 Å². The predicted molar refractivity (Wildman–Crippen MR) is 69.7 cm³/mol. The first kappa shape index (κ1) is 11.7. The summed E-state index contributed by atoms with van der Waals surface area (Å²) >= 11 is 0. The number of benzene rings is 1. The smallest absolute Gasteiger partial charge is 0.0435 e. The molecule has 1 fully saturated rings. The van der Waals surface area contributed by atoms with Crippen molar-refractivity contribution >= 4 is 0 Å². The van der Waals surface area contributed by atoms with Crippen molar-refractivity contribution in [3.8, 4) is 0 Å². The molecular weight excluding hydrogens is 194 g/mol. The Hall–Kier alpha value is -0.820. The van der Waals surface area contributed by atoms with Crippen LogP contribution in [0, 0.1) is 13.8 Å². The Morgan fingerprint density at radius 2 is 1.88 bits per heavy atom. The Bertz CT molecular complexity index is 341. The molecule has 1 aromatic carbocycles. The van der Waals surface area contributed by atoms with Crippen LogP contribution in [-0.2, 0) is 5.54 Å². The summed E-state index contributed by atoms with van der Waals surface area (Å²) in [5.74, 6) is 0. The first-order valence-corrected chi connectivity index (χ1v) is 6.50. The normalized spacial score (nSPS) is 24.9. The van der Waals surface area contributed by atoms with Crippen molar-refractivity contribution < 1.29 is 0 Å². The van der Waals surface area contributed by atoms with Gasteiger partial charge in [0.2, 0.25) is 0 Å². The van der Waals surface area contributed by atoms with Crippen LogP contribution < -0.4 is 5.32 Å². The van der Waals surface area contributed by atoms with E-state index in [4.69, 9.17) is 0 Å². The summed E-state index contributed by atoms with van der Waals surface area (Å²) in [5, 5.41) is 3.74. The Morgan fingerprint density at radius 3 is 2.38 bits per heavy atom. The van der Waals surface area contributed by atoms with Crippen LogP contribution in [0.2, 0.25) is 0 Å². The lowest BCUT2D eigenvalue weighted by atomic mass is 9.83. The van der Waals surface area contributed by atoms with Gasteiger partial charge in [-0.3, -0.25) is 0 Å². The summed E-state index contributed by atoms with van der Waals surface area (Å²) in [6, 6.07) is 6.99. The van der Waals surface area contributed by atoms with Gasteiger partial charge in [-0.2, -0.15) is 0 Å². The van der Waals surface area contributed by atoms with Crippen molar-refractivity contribution in [1.29, 1.82) is 0 Å². The van der Waals surface area contributed by atoms with Gasteiger partial charge < -0.3 is 5.32 Å². The monoisotopic (exact) mass is 217 g/mol. The van der Waals surface area contributed by atoms with Gasteiger partial charge in [0.1, 0.15) is 0 Å². The molecule has 1 unspecified atom stereocenters. The zero-order valence-electron chi connectivity index (χ0n) is 10.8. The Labute approximate surface area is 99.3 Å². The Balaban J connectivity index is 2.38. The highest BCUT2D eigenvalue weighted by atomic mass is 15.0. The molecule has 16 heavy (non-hydrogen) atoms. The van der Waals surface area contributed by atoms with Crippen LogP contribution in [0.3, 0.4) is 0 Å². The van der Waals surface area contributed by atoms with E-state index in [1.54, 1.807) is 0 Å². The maximum absolute atomic E-state index is 3.74. The maximum atomic E-state index is 3.74. The van der Waals surface area contributed by atoms with Gasteiger partial charge in [-0.1, -0.05) is 42.7 Å². The second-order valence-electron chi connectivity index (χ2n) is 5.24. The fourth-order valence-electron chi connectivity index (χ4n) is 3.09. The topological polar surface area (TPSA) is 12.0 Å². The molecule has 88 valence electrons. The Morgan fingerprint density at radius 1 is 1.19 bits per heavy atom. The molecule has 1 saturated heterocycles. The first-order valence-electron chi connectivity index (χ1n) is 6.50. The van der Waals surface area contributed by atoms with Crippen molar-refractivity contribution in [3.05, 3.63) is 34.9 Å². The fourth-order valence-corrected chi connectivity index (χ4v) is 3.09. The Kier molecular flexibility index (Phi) is 3.34. The minimum absolute atomic E-state index is 0.269. The molecule has 1 aromatic rings. The molecule has 0 aromatic heterocycles. The van der Waals surface area contributed by atoms with Crippen LogP contribution in [-0.4, -0.2) is 6.54 Å². The number of aryl methyl sites for hydroxylation is 2. The lowest BCUT2D eigenvalue weighted by molar-refractivity contribution is 0.355. The summed E-state index contributed by atoms with van der Waals surface area (Å²) in [7, 11) is 0. The minimum atomic E-state index is 0.269. The average molecular weight is 217 g/mol. The third-order valence-corrected chi connectivity index (χ3v) is 3.69. The second kappa shape index (κ2) is 4.58. The molecule has 0 aliphatic carbocycles. The zero-order chi connectivity index (χ0) is 11.6. The van der Waals surface area contributed by atoms with Gasteiger partial charge in [0.05, 0.1) is 0 Å². The van der Waals surface area contributed by atoms with E-state index in [0.717, 1.165) is 0 Å². The average Bonchev–Trinajstić information content (AvgIpc) is 2.66. The molecule has 1 heteroatoms. The van der Waals surface area contributed by atoms with Crippen LogP contribution in [0.4, 0.5) is 0 Å². The van der Waals surface area contributed by atoms with Crippen molar-refractivity contribution in [3.63, 3.8) is 0 Å². The van der Waals surface area contributed by atoms with Gasteiger partial charge in [0.25, 0.3) is 0 Å². The van der Waals surface area contributed by atoms with Crippen LogP contribution in [0.25, 0.3) is 0 Å². The molecule has 1 aliphatic heterocycles. The van der Waals surface area contributed by atoms with Gasteiger partial charge >= 0.3 is 0 Å². The van der Waals surface area contributed by atoms with Crippen LogP contribution in [0.1, 0.15) is 49.3 Å². The summed E-state index contributed by atoms with van der Waals surface area (Å²) in [6.45, 7) is 7.85. The van der Waals surface area contributed by atoms with E-state index >= 15 is 0 Å². The standard InChI is InChI=1S/C15H23N/c1-4-6-15(7-5-8-16-15)14-10-12(2)9-13(3)11-14/h9-11,16H,4-8H2,1-3H3. The van der Waals surface area contributed by atoms with Crippen LogP contribution in [0.5, 0.6) is 0 Å². The van der Waals surface area contributed by atoms with E-state index in [9.17, 15) is 0 Å². The molecule has 1 heterocycles. The molecular formula is C15H23N. The lowest BCUT2D eigenvalue weighted by Gasteiger charge is -2.30. The van der Waals surface area contributed by atoms with E-state index in [2.05, 4.69) is 44.3 Å². The minimum Gasteiger partial charge on any atom is -0.307 e. The molecule has 0 saturated carbocycles. The molecule has 0 amide bonds. The third-order valence-electron chi connectivity index (χ3n) is 3.69. The molecule has 1 atom stereocenters.